The second-order valence-electron chi connectivity index (χ2n) is 5.59. The van der Waals surface area contributed by atoms with E-state index < -0.39 is 5.97 Å². The molecule has 1 heterocycles. The highest BCUT2D eigenvalue weighted by Crippen LogP contribution is 2.36. The maximum Gasteiger partial charge on any atom is 0.365 e. The largest absolute Gasteiger partial charge is 0.476 e. The van der Waals surface area contributed by atoms with Gasteiger partial charge >= 0.3 is 5.97 Å². The first-order valence-electron chi connectivity index (χ1n) is 6.47. The summed E-state index contributed by atoms with van der Waals surface area (Å²) in [6.07, 6.45) is 3.77. The summed E-state index contributed by atoms with van der Waals surface area (Å²) in [7, 11) is 6.35. The molecule has 19 heavy (non-hydrogen) atoms. The lowest BCUT2D eigenvalue weighted by Gasteiger charge is -2.49. The van der Waals surface area contributed by atoms with Crippen LogP contribution in [0.25, 0.3) is 0 Å². The summed E-state index contributed by atoms with van der Waals surface area (Å²) in [4.78, 5) is 19.5. The van der Waals surface area contributed by atoms with Gasteiger partial charge in [0.15, 0.2) is 0 Å². The second kappa shape index (κ2) is 5.56. The molecule has 0 radical (unpaired) electrons. The predicted molar refractivity (Wildman–Crippen MR) is 75.7 cm³/mol. The highest BCUT2D eigenvalue weighted by Gasteiger charge is 2.39. The second-order valence-corrected chi connectivity index (χ2v) is 6.45. The van der Waals surface area contributed by atoms with Crippen molar-refractivity contribution in [3.63, 3.8) is 0 Å². The number of carbonyl (C=O) groups is 1. The molecule has 1 N–H and O–H groups in total. The van der Waals surface area contributed by atoms with Crippen molar-refractivity contribution in [3.8, 4) is 0 Å². The van der Waals surface area contributed by atoms with Gasteiger partial charge in [0.25, 0.3) is 0 Å². The first-order chi connectivity index (χ1) is 8.93. The number of thiazole rings is 1. The molecule has 106 valence electrons. The van der Waals surface area contributed by atoms with E-state index in [1.54, 1.807) is 0 Å². The molecular weight excluding hydrogens is 262 g/mol. The zero-order valence-electron chi connectivity index (χ0n) is 11.7. The van der Waals surface area contributed by atoms with Crippen LogP contribution in [0.5, 0.6) is 0 Å². The van der Waals surface area contributed by atoms with Crippen molar-refractivity contribution in [1.29, 1.82) is 0 Å². The Morgan fingerprint density at radius 2 is 2.16 bits per heavy atom. The third-order valence-electron chi connectivity index (χ3n) is 3.96. The number of carboxylic acids is 1. The Labute approximate surface area is 117 Å². The molecule has 1 aromatic rings. The predicted octanol–water partition coefficient (Wildman–Crippen LogP) is 1.76. The molecule has 0 amide bonds. The molecule has 5 nitrogen and oxygen atoms in total. The van der Waals surface area contributed by atoms with Crippen LogP contribution in [0, 0.1) is 0 Å². The van der Waals surface area contributed by atoms with Gasteiger partial charge in [0, 0.05) is 24.0 Å². The number of hydrogen-bond acceptors (Lipinski definition) is 5. The van der Waals surface area contributed by atoms with Crippen LogP contribution in [0.3, 0.4) is 0 Å². The number of aromatic carboxylic acids is 1. The van der Waals surface area contributed by atoms with E-state index in [1.807, 2.05) is 5.38 Å². The van der Waals surface area contributed by atoms with Crippen molar-refractivity contribution in [2.45, 2.75) is 31.3 Å². The number of nitrogens with zero attached hydrogens (tertiary/aromatic N) is 3. The molecule has 0 unspecified atom stereocenters. The fraction of sp³-hybridized carbons (Fsp3) is 0.692. The van der Waals surface area contributed by atoms with Gasteiger partial charge in [-0.1, -0.05) is 0 Å². The summed E-state index contributed by atoms with van der Waals surface area (Å²) in [5.41, 5.74) is 1.14. The summed E-state index contributed by atoms with van der Waals surface area (Å²) in [5, 5.41) is 10.9. The Balaban J connectivity index is 1.93. The van der Waals surface area contributed by atoms with E-state index in [1.165, 1.54) is 30.6 Å². The van der Waals surface area contributed by atoms with Gasteiger partial charge in [0.1, 0.15) is 0 Å². The quantitative estimate of drug-likeness (QED) is 0.862. The van der Waals surface area contributed by atoms with Crippen molar-refractivity contribution >= 4 is 17.3 Å². The van der Waals surface area contributed by atoms with Gasteiger partial charge in [-0.2, -0.15) is 0 Å². The zero-order chi connectivity index (χ0) is 14.0. The third-order valence-corrected chi connectivity index (χ3v) is 4.84. The van der Waals surface area contributed by atoms with Crippen LogP contribution in [-0.4, -0.2) is 59.1 Å². The van der Waals surface area contributed by atoms with Crippen molar-refractivity contribution in [3.05, 3.63) is 16.1 Å². The van der Waals surface area contributed by atoms with E-state index in [0.717, 1.165) is 12.2 Å². The number of hydrogen-bond donors (Lipinski definition) is 1. The molecule has 6 heteroatoms. The molecule has 1 aromatic heterocycles. The topological polar surface area (TPSA) is 56.7 Å². The Hall–Kier alpha value is -0.980. The zero-order valence-corrected chi connectivity index (χ0v) is 12.5. The Morgan fingerprint density at radius 3 is 2.58 bits per heavy atom. The van der Waals surface area contributed by atoms with Crippen molar-refractivity contribution in [2.75, 3.05) is 27.7 Å². The molecule has 1 aliphatic carbocycles. The number of aromatic nitrogens is 1. The van der Waals surface area contributed by atoms with E-state index in [9.17, 15) is 4.79 Å². The minimum absolute atomic E-state index is 0.175. The lowest BCUT2D eigenvalue weighted by atomic mass is 9.75. The van der Waals surface area contributed by atoms with Crippen LogP contribution in [0.15, 0.2) is 5.38 Å². The van der Waals surface area contributed by atoms with E-state index >= 15 is 0 Å². The molecule has 1 saturated carbocycles. The van der Waals surface area contributed by atoms with Gasteiger partial charge < -0.3 is 10.0 Å². The Bertz CT molecular complexity index is 454. The van der Waals surface area contributed by atoms with Crippen LogP contribution in [0.1, 0.15) is 34.8 Å². The highest BCUT2D eigenvalue weighted by atomic mass is 32.1. The van der Waals surface area contributed by atoms with Gasteiger partial charge in [-0.3, -0.25) is 4.90 Å². The van der Waals surface area contributed by atoms with Crippen molar-refractivity contribution in [1.82, 2.24) is 14.8 Å². The first-order valence-corrected chi connectivity index (χ1v) is 7.35. The van der Waals surface area contributed by atoms with Crippen LogP contribution in [0.4, 0.5) is 0 Å². The van der Waals surface area contributed by atoms with Gasteiger partial charge in [0.2, 0.25) is 5.01 Å². The molecule has 0 atom stereocenters. The number of likely N-dealkylation sites (N-methyl/N-ethyl adjacent to an activating group) is 2. The van der Waals surface area contributed by atoms with Gasteiger partial charge in [-0.15, -0.1) is 11.3 Å². The third kappa shape index (κ3) is 3.13. The van der Waals surface area contributed by atoms with Crippen LogP contribution < -0.4 is 0 Å². The lowest BCUT2D eigenvalue weighted by molar-refractivity contribution is 0.0256. The molecular formula is C13H21N3O2S. The normalized spacial score (nSPS) is 17.7. The maximum absolute atomic E-state index is 10.8. The summed E-state index contributed by atoms with van der Waals surface area (Å²) < 4.78 is 0. The van der Waals surface area contributed by atoms with Crippen LogP contribution >= 0.6 is 11.3 Å². The number of rotatable bonds is 6. The van der Waals surface area contributed by atoms with E-state index in [2.05, 4.69) is 35.9 Å². The van der Waals surface area contributed by atoms with Crippen molar-refractivity contribution < 1.29 is 9.90 Å². The molecule has 0 aliphatic heterocycles. The van der Waals surface area contributed by atoms with E-state index in [0.29, 0.717) is 12.1 Å². The molecule has 1 fully saturated rings. The summed E-state index contributed by atoms with van der Waals surface area (Å²) in [6, 6.07) is 0. The Kier molecular flexibility index (Phi) is 4.23. The smallest absolute Gasteiger partial charge is 0.365 e. The van der Waals surface area contributed by atoms with E-state index in [-0.39, 0.29) is 5.01 Å². The summed E-state index contributed by atoms with van der Waals surface area (Å²) in [6.45, 7) is 1.71. The molecule has 0 aromatic carbocycles. The molecule has 0 saturated heterocycles. The molecule has 2 rings (SSSR count). The summed E-state index contributed by atoms with van der Waals surface area (Å²) in [5.74, 6) is -0.942. The average Bonchev–Trinajstić information content (AvgIpc) is 2.71. The van der Waals surface area contributed by atoms with Crippen molar-refractivity contribution in [2.24, 2.45) is 0 Å². The monoisotopic (exact) mass is 283 g/mol. The Morgan fingerprint density at radius 1 is 1.47 bits per heavy atom. The van der Waals surface area contributed by atoms with Gasteiger partial charge in [-0.05, 0) is 40.4 Å². The van der Waals surface area contributed by atoms with Gasteiger partial charge in [0.05, 0.1) is 5.69 Å². The standard InChI is InChI=1S/C13H21N3O2S/c1-15(2)13(5-4-6-13)9-16(3)7-10-8-19-11(14-10)12(17)18/h8H,4-7,9H2,1-3H3,(H,17,18). The number of carboxylic acid groups (broad SMARTS) is 1. The van der Waals surface area contributed by atoms with E-state index in [4.69, 9.17) is 5.11 Å². The van der Waals surface area contributed by atoms with Crippen LogP contribution in [-0.2, 0) is 6.54 Å². The molecule has 0 bridgehead atoms. The fourth-order valence-electron chi connectivity index (χ4n) is 2.64. The maximum atomic E-state index is 10.8. The lowest BCUT2D eigenvalue weighted by Crippen LogP contribution is -2.56. The highest BCUT2D eigenvalue weighted by molar-refractivity contribution is 7.11. The fourth-order valence-corrected chi connectivity index (χ4v) is 3.29. The van der Waals surface area contributed by atoms with Crippen LogP contribution in [0.2, 0.25) is 0 Å². The summed E-state index contributed by atoms with van der Waals surface area (Å²) >= 11 is 1.20. The first kappa shape index (κ1) is 14.4. The molecule has 1 aliphatic rings. The molecule has 0 spiro atoms. The average molecular weight is 283 g/mol. The van der Waals surface area contributed by atoms with Gasteiger partial charge in [-0.25, -0.2) is 9.78 Å². The minimum atomic E-state index is -0.942. The minimum Gasteiger partial charge on any atom is -0.476 e. The SMILES string of the molecule is CN(Cc1csc(C(=O)O)n1)CC1(N(C)C)CCC1.